The zero-order valence-electron chi connectivity index (χ0n) is 10.2. The molecule has 0 aliphatic rings. The highest BCUT2D eigenvalue weighted by Gasteiger charge is 2.28. The molecule has 0 saturated carbocycles. The zero-order valence-corrected chi connectivity index (χ0v) is 11.8. The van der Waals surface area contributed by atoms with E-state index in [0.29, 0.717) is 15.6 Å². The Balaban J connectivity index is 2.40. The topological polar surface area (TPSA) is 12.9 Å². The summed E-state index contributed by atoms with van der Waals surface area (Å²) in [4.78, 5) is 4.16. The van der Waals surface area contributed by atoms with Crippen molar-refractivity contribution in [3.63, 3.8) is 0 Å². The van der Waals surface area contributed by atoms with E-state index in [4.69, 9.17) is 0 Å². The van der Waals surface area contributed by atoms with Gasteiger partial charge in [-0.15, -0.1) is 0 Å². The van der Waals surface area contributed by atoms with Gasteiger partial charge in [0.25, 0.3) is 0 Å². The van der Waals surface area contributed by atoms with Crippen molar-refractivity contribution < 1.29 is 13.2 Å². The van der Waals surface area contributed by atoms with E-state index >= 15 is 0 Å². The lowest BCUT2D eigenvalue weighted by Gasteiger charge is -2.13. The van der Waals surface area contributed by atoms with Crippen LogP contribution >= 0.6 is 15.9 Å². The van der Waals surface area contributed by atoms with Crippen LogP contribution in [0, 0.1) is 0 Å². The summed E-state index contributed by atoms with van der Waals surface area (Å²) < 4.78 is 38.8. The number of rotatable bonds is 1. The second kappa shape index (κ2) is 4.74. The number of alkyl halides is 3. The van der Waals surface area contributed by atoms with Crippen LogP contribution in [-0.2, 0) is 6.42 Å². The lowest BCUT2D eigenvalue weighted by Crippen LogP contribution is -2.11. The average molecular weight is 340 g/mol. The number of aromatic nitrogens is 1. The summed E-state index contributed by atoms with van der Waals surface area (Å²) in [7, 11) is 0. The Morgan fingerprint density at radius 2 is 1.75 bits per heavy atom. The SMILES string of the molecule is FC(F)(F)Cc1cc2ccnc(Br)c2c2ccccc12. The number of pyridine rings is 1. The highest BCUT2D eigenvalue weighted by Crippen LogP contribution is 2.34. The molecule has 0 saturated heterocycles. The maximum absolute atomic E-state index is 12.7. The molecule has 0 N–H and O–H groups in total. The smallest absolute Gasteiger partial charge is 0.249 e. The Bertz CT molecular complexity index is 796. The van der Waals surface area contributed by atoms with Crippen LogP contribution in [0.1, 0.15) is 5.56 Å². The standard InChI is InChI=1S/C15H9BrF3N/c16-14-13-9(5-6-20-14)7-10(8-15(17,18)19)11-3-1-2-4-12(11)13/h1-7H,8H2. The van der Waals surface area contributed by atoms with Gasteiger partial charge in [-0.1, -0.05) is 30.3 Å². The number of nitrogens with zero attached hydrogens (tertiary/aromatic N) is 1. The summed E-state index contributed by atoms with van der Waals surface area (Å²) in [6.07, 6.45) is -3.57. The molecule has 0 atom stereocenters. The summed E-state index contributed by atoms with van der Waals surface area (Å²) in [6.45, 7) is 0. The number of hydrogen-bond acceptors (Lipinski definition) is 1. The average Bonchev–Trinajstić information content (AvgIpc) is 2.37. The van der Waals surface area contributed by atoms with E-state index in [0.717, 1.165) is 16.2 Å². The highest BCUT2D eigenvalue weighted by atomic mass is 79.9. The first kappa shape index (κ1) is 13.4. The quantitative estimate of drug-likeness (QED) is 0.435. The van der Waals surface area contributed by atoms with Gasteiger partial charge in [-0.05, 0) is 43.7 Å². The number of benzene rings is 2. The van der Waals surface area contributed by atoms with Crippen molar-refractivity contribution in [1.29, 1.82) is 0 Å². The van der Waals surface area contributed by atoms with Crippen molar-refractivity contribution >= 4 is 37.5 Å². The third kappa shape index (κ3) is 2.38. The lowest BCUT2D eigenvalue weighted by atomic mass is 9.97. The van der Waals surface area contributed by atoms with E-state index in [1.807, 2.05) is 12.1 Å². The van der Waals surface area contributed by atoms with Crippen LogP contribution in [0.4, 0.5) is 13.2 Å². The summed E-state index contributed by atoms with van der Waals surface area (Å²) in [5.41, 5.74) is 0.290. The summed E-state index contributed by atoms with van der Waals surface area (Å²) in [5.74, 6) is 0. The van der Waals surface area contributed by atoms with Crippen molar-refractivity contribution in [3.8, 4) is 0 Å². The van der Waals surface area contributed by atoms with Gasteiger partial charge in [0.1, 0.15) is 4.60 Å². The van der Waals surface area contributed by atoms with Crippen molar-refractivity contribution in [2.45, 2.75) is 12.6 Å². The van der Waals surface area contributed by atoms with Crippen LogP contribution in [-0.4, -0.2) is 11.2 Å². The molecule has 1 nitrogen and oxygen atoms in total. The van der Waals surface area contributed by atoms with Crippen LogP contribution < -0.4 is 0 Å². The number of hydrogen-bond donors (Lipinski definition) is 0. The first-order chi connectivity index (χ1) is 9.46. The molecule has 5 heteroatoms. The van der Waals surface area contributed by atoms with Crippen molar-refractivity contribution in [3.05, 3.63) is 52.8 Å². The molecule has 0 fully saturated rings. The summed E-state index contributed by atoms with van der Waals surface area (Å²) in [5, 5.41) is 2.99. The van der Waals surface area contributed by atoms with E-state index in [9.17, 15) is 13.2 Å². The van der Waals surface area contributed by atoms with Gasteiger partial charge in [0.2, 0.25) is 0 Å². The van der Waals surface area contributed by atoms with Crippen molar-refractivity contribution in [1.82, 2.24) is 4.98 Å². The van der Waals surface area contributed by atoms with Crippen LogP contribution in [0.2, 0.25) is 0 Å². The Kier molecular flexibility index (Phi) is 3.17. The third-order valence-electron chi connectivity index (χ3n) is 3.20. The fraction of sp³-hybridized carbons (Fsp3) is 0.133. The van der Waals surface area contributed by atoms with Gasteiger partial charge in [-0.3, -0.25) is 0 Å². The van der Waals surface area contributed by atoms with Crippen molar-refractivity contribution in [2.24, 2.45) is 0 Å². The fourth-order valence-electron chi connectivity index (χ4n) is 2.45. The summed E-state index contributed by atoms with van der Waals surface area (Å²) >= 11 is 3.37. The summed E-state index contributed by atoms with van der Waals surface area (Å²) in [6, 6.07) is 10.4. The Labute approximate surface area is 121 Å². The van der Waals surface area contributed by atoms with Crippen LogP contribution in [0.5, 0.6) is 0 Å². The predicted molar refractivity (Wildman–Crippen MR) is 76.7 cm³/mol. The van der Waals surface area contributed by atoms with E-state index < -0.39 is 12.6 Å². The maximum Gasteiger partial charge on any atom is 0.393 e. The van der Waals surface area contributed by atoms with Gasteiger partial charge in [0.15, 0.2) is 0 Å². The number of halogens is 4. The second-order valence-electron chi connectivity index (χ2n) is 4.57. The molecule has 0 aliphatic carbocycles. The maximum atomic E-state index is 12.7. The zero-order chi connectivity index (χ0) is 14.3. The minimum Gasteiger partial charge on any atom is -0.249 e. The molecule has 102 valence electrons. The highest BCUT2D eigenvalue weighted by molar-refractivity contribution is 9.10. The van der Waals surface area contributed by atoms with Crippen LogP contribution in [0.25, 0.3) is 21.5 Å². The predicted octanol–water partition coefficient (Wildman–Crippen LogP) is 5.26. The fourth-order valence-corrected chi connectivity index (χ4v) is 3.01. The van der Waals surface area contributed by atoms with E-state index in [2.05, 4.69) is 20.9 Å². The molecular formula is C15H9BrF3N. The molecule has 0 aliphatic heterocycles. The van der Waals surface area contributed by atoms with Crippen LogP contribution in [0.15, 0.2) is 47.2 Å². The minimum absolute atomic E-state index is 0.290. The first-order valence-electron chi connectivity index (χ1n) is 5.97. The molecule has 1 aromatic heterocycles. The normalized spacial score (nSPS) is 12.2. The minimum atomic E-state index is -4.22. The van der Waals surface area contributed by atoms with Gasteiger partial charge in [-0.2, -0.15) is 13.2 Å². The second-order valence-corrected chi connectivity index (χ2v) is 5.32. The molecule has 2 aromatic carbocycles. The van der Waals surface area contributed by atoms with Gasteiger partial charge in [-0.25, -0.2) is 4.98 Å². The molecule has 0 unspecified atom stereocenters. The lowest BCUT2D eigenvalue weighted by molar-refractivity contribution is -0.126. The van der Waals surface area contributed by atoms with Gasteiger partial charge in [0, 0.05) is 11.6 Å². The molecule has 3 aromatic rings. The molecule has 0 amide bonds. The molecular weight excluding hydrogens is 331 g/mol. The molecule has 0 spiro atoms. The monoisotopic (exact) mass is 339 g/mol. The Hall–Kier alpha value is -1.62. The third-order valence-corrected chi connectivity index (χ3v) is 3.80. The molecule has 0 bridgehead atoms. The van der Waals surface area contributed by atoms with Crippen molar-refractivity contribution in [2.75, 3.05) is 0 Å². The number of fused-ring (bicyclic) bond motifs is 3. The molecule has 0 radical (unpaired) electrons. The molecule has 1 heterocycles. The Morgan fingerprint density at radius 3 is 2.45 bits per heavy atom. The van der Waals surface area contributed by atoms with Gasteiger partial charge >= 0.3 is 6.18 Å². The largest absolute Gasteiger partial charge is 0.393 e. The Morgan fingerprint density at radius 1 is 1.05 bits per heavy atom. The van der Waals surface area contributed by atoms with E-state index in [1.54, 1.807) is 30.5 Å². The molecule has 20 heavy (non-hydrogen) atoms. The molecule has 3 rings (SSSR count). The van der Waals surface area contributed by atoms with Crippen LogP contribution in [0.3, 0.4) is 0 Å². The van der Waals surface area contributed by atoms with E-state index in [1.165, 1.54) is 0 Å². The van der Waals surface area contributed by atoms with Gasteiger partial charge < -0.3 is 0 Å². The van der Waals surface area contributed by atoms with Gasteiger partial charge in [0.05, 0.1) is 6.42 Å². The van der Waals surface area contributed by atoms with E-state index in [-0.39, 0.29) is 0 Å². The first-order valence-corrected chi connectivity index (χ1v) is 6.76.